The molecule has 1 amide bonds. The number of nitrogens with zero attached hydrogens (tertiary/aromatic N) is 2. The number of rotatable bonds is 1. The van der Waals surface area contributed by atoms with Gasteiger partial charge in [0.2, 0.25) is 0 Å². The lowest BCUT2D eigenvalue weighted by Crippen LogP contribution is -2.23. The molecule has 1 heterocycles. The first-order valence-electron chi connectivity index (χ1n) is 5.88. The van der Waals surface area contributed by atoms with E-state index < -0.39 is 0 Å². The standard InChI is InChI=1S/C14H16N2O2S/c1-8-5-10(6-9(2)12(8)17)7-11-13(18)16(4)14(15-3)19-11/h5-7,17H,1-4H3. The van der Waals surface area contributed by atoms with Gasteiger partial charge < -0.3 is 5.11 Å². The number of hydrogen-bond donors (Lipinski definition) is 1. The molecule has 1 aliphatic rings. The van der Waals surface area contributed by atoms with E-state index in [1.54, 1.807) is 14.1 Å². The van der Waals surface area contributed by atoms with E-state index in [-0.39, 0.29) is 5.91 Å². The molecule has 1 N–H and O–H groups in total. The van der Waals surface area contributed by atoms with Crippen LogP contribution in [-0.4, -0.2) is 35.2 Å². The number of phenolic OH excluding ortho intramolecular Hbond substituents is 1. The molecule has 2 rings (SSSR count). The summed E-state index contributed by atoms with van der Waals surface area (Å²) in [6, 6.07) is 3.73. The molecule has 1 aromatic rings. The van der Waals surface area contributed by atoms with Gasteiger partial charge in [-0.2, -0.15) is 0 Å². The lowest BCUT2D eigenvalue weighted by Gasteiger charge is -2.06. The first-order valence-corrected chi connectivity index (χ1v) is 6.70. The number of carbonyl (C=O) groups excluding carboxylic acids is 1. The summed E-state index contributed by atoms with van der Waals surface area (Å²) in [6.07, 6.45) is 1.83. The third kappa shape index (κ3) is 2.51. The molecule has 0 saturated carbocycles. The Balaban J connectivity index is 2.40. The number of amides is 1. The normalized spacial score (nSPS) is 19.8. The van der Waals surface area contributed by atoms with Crippen LogP contribution in [0.2, 0.25) is 0 Å². The van der Waals surface area contributed by atoms with Crippen LogP contribution in [0.15, 0.2) is 22.0 Å². The predicted molar refractivity (Wildman–Crippen MR) is 79.3 cm³/mol. The highest BCUT2D eigenvalue weighted by Gasteiger charge is 2.29. The van der Waals surface area contributed by atoms with Crippen LogP contribution in [0.3, 0.4) is 0 Å². The van der Waals surface area contributed by atoms with E-state index in [4.69, 9.17) is 0 Å². The smallest absolute Gasteiger partial charge is 0.266 e. The van der Waals surface area contributed by atoms with Crippen molar-refractivity contribution in [2.75, 3.05) is 14.1 Å². The molecule has 5 heteroatoms. The SMILES string of the molecule is CN=C1SC(=Cc2cc(C)c(O)c(C)c2)C(=O)N1C. The Morgan fingerprint density at radius 1 is 1.32 bits per heavy atom. The summed E-state index contributed by atoms with van der Waals surface area (Å²) in [5, 5.41) is 10.4. The molecule has 0 aliphatic carbocycles. The van der Waals surface area contributed by atoms with Crippen molar-refractivity contribution < 1.29 is 9.90 Å². The van der Waals surface area contributed by atoms with Crippen LogP contribution in [-0.2, 0) is 4.79 Å². The average molecular weight is 276 g/mol. The zero-order valence-corrected chi connectivity index (χ0v) is 12.2. The van der Waals surface area contributed by atoms with Crippen LogP contribution < -0.4 is 0 Å². The maximum atomic E-state index is 12.0. The molecule has 4 nitrogen and oxygen atoms in total. The molecule has 1 fully saturated rings. The Kier molecular flexibility index (Phi) is 3.66. The minimum Gasteiger partial charge on any atom is -0.507 e. The highest BCUT2D eigenvalue weighted by Crippen LogP contribution is 2.32. The number of thioether (sulfide) groups is 1. The van der Waals surface area contributed by atoms with Crippen LogP contribution >= 0.6 is 11.8 Å². The highest BCUT2D eigenvalue weighted by molar-refractivity contribution is 8.18. The van der Waals surface area contributed by atoms with Gasteiger partial charge in [-0.05, 0) is 60.5 Å². The number of benzene rings is 1. The van der Waals surface area contributed by atoms with Crippen molar-refractivity contribution in [2.45, 2.75) is 13.8 Å². The number of likely N-dealkylation sites (N-methyl/N-ethyl adjacent to an activating group) is 1. The summed E-state index contributed by atoms with van der Waals surface area (Å²) in [7, 11) is 3.38. The lowest BCUT2D eigenvalue weighted by molar-refractivity contribution is -0.121. The number of phenols is 1. The minimum atomic E-state index is -0.0472. The summed E-state index contributed by atoms with van der Waals surface area (Å²) in [5.74, 6) is 0.259. The van der Waals surface area contributed by atoms with E-state index in [1.807, 2.05) is 32.1 Å². The van der Waals surface area contributed by atoms with Gasteiger partial charge in [-0.15, -0.1) is 0 Å². The monoisotopic (exact) mass is 276 g/mol. The number of amidine groups is 1. The second kappa shape index (κ2) is 5.09. The van der Waals surface area contributed by atoms with E-state index in [1.165, 1.54) is 16.7 Å². The Morgan fingerprint density at radius 3 is 2.37 bits per heavy atom. The second-order valence-electron chi connectivity index (χ2n) is 4.48. The van der Waals surface area contributed by atoms with Crippen LogP contribution in [0.1, 0.15) is 16.7 Å². The zero-order chi connectivity index (χ0) is 14.2. The molecular formula is C14H16N2O2S. The molecule has 0 spiro atoms. The van der Waals surface area contributed by atoms with Gasteiger partial charge in [0.1, 0.15) is 5.75 Å². The van der Waals surface area contributed by atoms with Crippen molar-refractivity contribution in [1.82, 2.24) is 4.90 Å². The maximum Gasteiger partial charge on any atom is 0.266 e. The Hall–Kier alpha value is -1.75. The fourth-order valence-corrected chi connectivity index (χ4v) is 2.90. The van der Waals surface area contributed by atoms with Gasteiger partial charge in [-0.3, -0.25) is 14.7 Å². The van der Waals surface area contributed by atoms with Gasteiger partial charge in [0.05, 0.1) is 4.91 Å². The van der Waals surface area contributed by atoms with Crippen LogP contribution in [0.5, 0.6) is 5.75 Å². The number of hydrogen-bond acceptors (Lipinski definition) is 4. The molecule has 0 bridgehead atoms. The van der Waals surface area contributed by atoms with E-state index in [0.29, 0.717) is 15.8 Å². The average Bonchev–Trinajstić information content (AvgIpc) is 2.63. The molecule has 1 saturated heterocycles. The topological polar surface area (TPSA) is 52.9 Å². The van der Waals surface area contributed by atoms with Crippen molar-refractivity contribution in [3.8, 4) is 5.75 Å². The Morgan fingerprint density at radius 2 is 1.89 bits per heavy atom. The van der Waals surface area contributed by atoms with Crippen molar-refractivity contribution in [1.29, 1.82) is 0 Å². The fourth-order valence-electron chi connectivity index (χ4n) is 1.97. The number of aromatic hydroxyl groups is 1. The molecular weight excluding hydrogens is 260 g/mol. The number of carbonyl (C=O) groups is 1. The summed E-state index contributed by atoms with van der Waals surface area (Å²) in [4.78, 5) is 18.3. The van der Waals surface area contributed by atoms with Gasteiger partial charge in [0.15, 0.2) is 5.17 Å². The van der Waals surface area contributed by atoms with Gasteiger partial charge in [-0.1, -0.05) is 0 Å². The Labute approximate surface area is 116 Å². The molecule has 100 valence electrons. The van der Waals surface area contributed by atoms with Crippen molar-refractivity contribution in [3.63, 3.8) is 0 Å². The first kappa shape index (κ1) is 13.7. The molecule has 0 radical (unpaired) electrons. The molecule has 1 aromatic carbocycles. The molecule has 19 heavy (non-hydrogen) atoms. The minimum absolute atomic E-state index is 0.0472. The summed E-state index contributed by atoms with van der Waals surface area (Å²) < 4.78 is 0. The second-order valence-corrected chi connectivity index (χ2v) is 5.49. The van der Waals surface area contributed by atoms with E-state index in [9.17, 15) is 9.90 Å². The van der Waals surface area contributed by atoms with Crippen molar-refractivity contribution >= 4 is 28.9 Å². The lowest BCUT2D eigenvalue weighted by atomic mass is 10.1. The van der Waals surface area contributed by atoms with E-state index in [0.717, 1.165) is 16.7 Å². The van der Waals surface area contributed by atoms with E-state index in [2.05, 4.69) is 4.99 Å². The predicted octanol–water partition coefficient (Wildman–Crippen LogP) is 2.54. The van der Waals surface area contributed by atoms with Crippen LogP contribution in [0.25, 0.3) is 6.08 Å². The number of aryl methyl sites for hydroxylation is 2. The fraction of sp³-hybridized carbons (Fsp3) is 0.286. The highest BCUT2D eigenvalue weighted by atomic mass is 32.2. The molecule has 0 unspecified atom stereocenters. The maximum absolute atomic E-state index is 12.0. The number of aliphatic imine (C=N–C) groups is 1. The zero-order valence-electron chi connectivity index (χ0n) is 11.4. The van der Waals surface area contributed by atoms with Crippen LogP contribution in [0, 0.1) is 13.8 Å². The summed E-state index contributed by atoms with van der Waals surface area (Å²) in [6.45, 7) is 3.69. The molecule has 1 aliphatic heterocycles. The molecule has 0 aromatic heterocycles. The third-order valence-corrected chi connectivity index (χ3v) is 4.16. The van der Waals surface area contributed by atoms with Gasteiger partial charge >= 0.3 is 0 Å². The largest absolute Gasteiger partial charge is 0.507 e. The van der Waals surface area contributed by atoms with Crippen LogP contribution in [0.4, 0.5) is 0 Å². The van der Waals surface area contributed by atoms with Crippen molar-refractivity contribution in [2.24, 2.45) is 4.99 Å². The van der Waals surface area contributed by atoms with Gasteiger partial charge in [0.25, 0.3) is 5.91 Å². The van der Waals surface area contributed by atoms with E-state index >= 15 is 0 Å². The van der Waals surface area contributed by atoms with Gasteiger partial charge in [0, 0.05) is 14.1 Å². The summed E-state index contributed by atoms with van der Waals surface area (Å²) >= 11 is 1.36. The third-order valence-electron chi connectivity index (χ3n) is 3.01. The summed E-state index contributed by atoms with van der Waals surface area (Å²) in [5.41, 5.74) is 2.52. The Bertz CT molecular complexity index is 582. The molecule has 0 atom stereocenters. The van der Waals surface area contributed by atoms with Gasteiger partial charge in [-0.25, -0.2) is 0 Å². The first-order chi connectivity index (χ1) is 8.93. The van der Waals surface area contributed by atoms with Crippen molar-refractivity contribution in [3.05, 3.63) is 33.7 Å². The quantitative estimate of drug-likeness (QED) is 0.802.